The van der Waals surface area contributed by atoms with Crippen LogP contribution in [0.2, 0.25) is 4.34 Å². The van der Waals surface area contributed by atoms with Gasteiger partial charge in [0.2, 0.25) is 5.91 Å². The van der Waals surface area contributed by atoms with Crippen LogP contribution in [0.15, 0.2) is 10.5 Å². The number of nitrogens with two attached hydrogens (primary N) is 1. The van der Waals surface area contributed by atoms with Gasteiger partial charge in [-0.25, -0.2) is 0 Å². The number of nitrogens with zero attached hydrogens (tertiary/aromatic N) is 1. The van der Waals surface area contributed by atoms with Crippen LogP contribution in [0.25, 0.3) is 0 Å². The summed E-state index contributed by atoms with van der Waals surface area (Å²) in [5, 5.41) is 0. The van der Waals surface area contributed by atoms with Gasteiger partial charge in [-0.2, -0.15) is 0 Å². The Kier molecular flexibility index (Phi) is 3.07. The lowest BCUT2D eigenvalue weighted by molar-refractivity contribution is -0.127. The summed E-state index contributed by atoms with van der Waals surface area (Å²) in [4.78, 5) is 14.2. The van der Waals surface area contributed by atoms with Crippen LogP contribution in [0, 0.1) is 0 Å². The molecule has 0 aromatic carbocycles. The van der Waals surface area contributed by atoms with Crippen LogP contribution < -0.4 is 5.73 Å². The van der Waals surface area contributed by atoms with Gasteiger partial charge < -0.3 is 10.6 Å². The second kappa shape index (κ2) is 4.05. The van der Waals surface area contributed by atoms with Gasteiger partial charge in [-0.05, 0) is 22.0 Å². The zero-order valence-electron chi connectivity index (χ0n) is 8.04. The summed E-state index contributed by atoms with van der Waals surface area (Å²) in [6, 6.07) is 1.77. The molecule has 1 saturated heterocycles. The lowest BCUT2D eigenvalue weighted by Crippen LogP contribution is -2.29. The minimum absolute atomic E-state index is 0.0358. The first-order valence-electron chi connectivity index (χ1n) is 4.46. The minimum Gasteiger partial charge on any atom is -0.336 e. The van der Waals surface area contributed by atoms with Crippen molar-refractivity contribution < 1.29 is 4.79 Å². The van der Waals surface area contributed by atoms with E-state index < -0.39 is 0 Å². The molecule has 2 heterocycles. The maximum atomic E-state index is 11.5. The highest BCUT2D eigenvalue weighted by Crippen LogP contribution is 2.40. The molecule has 2 rings (SSSR count). The third kappa shape index (κ3) is 1.93. The van der Waals surface area contributed by atoms with Crippen molar-refractivity contribution in [2.45, 2.75) is 18.5 Å². The number of amides is 1. The Labute approximate surface area is 105 Å². The molecule has 2 N–H and O–H groups in total. The normalized spacial score (nSPS) is 26.4. The lowest BCUT2D eigenvalue weighted by Gasteiger charge is -2.21. The first-order valence-corrected chi connectivity index (χ1v) is 6.45. The number of hydrogen-bond donors (Lipinski definition) is 1. The predicted molar refractivity (Wildman–Crippen MR) is 65.1 cm³/mol. The van der Waals surface area contributed by atoms with E-state index in [1.54, 1.807) is 11.9 Å². The van der Waals surface area contributed by atoms with Gasteiger partial charge in [0.05, 0.1) is 6.04 Å². The summed E-state index contributed by atoms with van der Waals surface area (Å²) in [7, 11) is 1.78. The molecule has 1 aliphatic heterocycles. The molecule has 0 bridgehead atoms. The van der Waals surface area contributed by atoms with E-state index in [-0.39, 0.29) is 18.0 Å². The zero-order valence-corrected chi connectivity index (χ0v) is 11.2. The molecule has 1 aliphatic rings. The third-order valence-electron chi connectivity index (χ3n) is 2.58. The van der Waals surface area contributed by atoms with Gasteiger partial charge >= 0.3 is 0 Å². The van der Waals surface area contributed by atoms with Crippen molar-refractivity contribution in [1.29, 1.82) is 0 Å². The Bertz CT molecular complexity index is 389. The Morgan fingerprint density at radius 2 is 2.40 bits per heavy atom. The maximum Gasteiger partial charge on any atom is 0.224 e. The van der Waals surface area contributed by atoms with Gasteiger partial charge in [0.25, 0.3) is 0 Å². The first kappa shape index (κ1) is 11.4. The van der Waals surface area contributed by atoms with Crippen LogP contribution in [-0.4, -0.2) is 23.9 Å². The molecule has 0 radical (unpaired) electrons. The number of likely N-dealkylation sites (tertiary alicyclic amines) is 1. The van der Waals surface area contributed by atoms with E-state index in [1.165, 1.54) is 11.3 Å². The number of hydrogen-bond acceptors (Lipinski definition) is 3. The van der Waals surface area contributed by atoms with Crippen molar-refractivity contribution >= 4 is 44.8 Å². The number of likely N-dealkylation sites (N-methyl/N-ethyl adjacent to an activating group) is 1. The number of thiophene rings is 1. The monoisotopic (exact) mass is 308 g/mol. The van der Waals surface area contributed by atoms with Crippen LogP contribution in [0.4, 0.5) is 0 Å². The highest BCUT2D eigenvalue weighted by Gasteiger charge is 2.37. The summed E-state index contributed by atoms with van der Waals surface area (Å²) in [6.45, 7) is 0. The maximum absolute atomic E-state index is 11.5. The molecule has 15 heavy (non-hydrogen) atoms. The smallest absolute Gasteiger partial charge is 0.224 e. The SMILES string of the molecule is CN1C(=O)CC(N)C1c1cc(Br)c(Cl)s1. The number of rotatable bonds is 1. The Hall–Kier alpha value is -0.100. The molecule has 0 spiro atoms. The molecule has 1 amide bonds. The zero-order chi connectivity index (χ0) is 11.2. The number of carbonyl (C=O) groups excluding carboxylic acids is 1. The van der Waals surface area contributed by atoms with Crippen LogP contribution in [0.3, 0.4) is 0 Å². The van der Waals surface area contributed by atoms with E-state index in [9.17, 15) is 4.79 Å². The van der Waals surface area contributed by atoms with Crippen molar-refractivity contribution in [2.24, 2.45) is 5.73 Å². The van der Waals surface area contributed by atoms with Crippen LogP contribution in [0.1, 0.15) is 17.3 Å². The number of carbonyl (C=O) groups is 1. The molecular formula is C9H10BrClN2OS. The molecule has 82 valence electrons. The van der Waals surface area contributed by atoms with Crippen molar-refractivity contribution in [1.82, 2.24) is 4.90 Å². The van der Waals surface area contributed by atoms with Gasteiger partial charge in [-0.3, -0.25) is 4.79 Å². The molecule has 6 heteroatoms. The van der Waals surface area contributed by atoms with Gasteiger partial charge in [0, 0.05) is 28.9 Å². The lowest BCUT2D eigenvalue weighted by atomic mass is 10.1. The number of halogens is 2. The molecular weight excluding hydrogens is 300 g/mol. The fraction of sp³-hybridized carbons (Fsp3) is 0.444. The average molecular weight is 310 g/mol. The second-order valence-electron chi connectivity index (χ2n) is 3.59. The fourth-order valence-corrected chi connectivity index (χ4v) is 3.77. The van der Waals surface area contributed by atoms with E-state index in [0.29, 0.717) is 10.8 Å². The summed E-state index contributed by atoms with van der Waals surface area (Å²) in [5.41, 5.74) is 5.94. The Morgan fingerprint density at radius 1 is 1.73 bits per heavy atom. The predicted octanol–water partition coefficient (Wildman–Crippen LogP) is 2.39. The second-order valence-corrected chi connectivity index (χ2v) is 6.13. The molecule has 3 nitrogen and oxygen atoms in total. The largest absolute Gasteiger partial charge is 0.336 e. The van der Waals surface area contributed by atoms with E-state index in [0.717, 1.165) is 9.35 Å². The summed E-state index contributed by atoms with van der Waals surface area (Å²) in [6.07, 6.45) is 0.411. The highest BCUT2D eigenvalue weighted by molar-refractivity contribution is 9.10. The summed E-state index contributed by atoms with van der Waals surface area (Å²) in [5.74, 6) is 0.0909. The molecule has 2 atom stereocenters. The van der Waals surface area contributed by atoms with Crippen LogP contribution >= 0.6 is 38.9 Å². The van der Waals surface area contributed by atoms with Crippen LogP contribution in [-0.2, 0) is 4.79 Å². The van der Waals surface area contributed by atoms with E-state index in [1.807, 2.05) is 6.07 Å². The summed E-state index contributed by atoms with van der Waals surface area (Å²) < 4.78 is 1.56. The van der Waals surface area contributed by atoms with E-state index in [2.05, 4.69) is 15.9 Å². The third-order valence-corrected chi connectivity index (χ3v) is 5.13. The van der Waals surface area contributed by atoms with Crippen molar-refractivity contribution in [3.63, 3.8) is 0 Å². The highest BCUT2D eigenvalue weighted by atomic mass is 79.9. The van der Waals surface area contributed by atoms with Crippen molar-refractivity contribution in [3.05, 3.63) is 19.8 Å². The minimum atomic E-state index is -0.135. The molecule has 1 aromatic heterocycles. The average Bonchev–Trinajstić information content (AvgIpc) is 2.57. The fourth-order valence-electron chi connectivity index (χ4n) is 1.81. The van der Waals surface area contributed by atoms with Crippen molar-refractivity contribution in [3.8, 4) is 0 Å². The van der Waals surface area contributed by atoms with Gasteiger partial charge in [0.1, 0.15) is 4.34 Å². The van der Waals surface area contributed by atoms with Gasteiger partial charge in [-0.15, -0.1) is 11.3 Å². The van der Waals surface area contributed by atoms with Gasteiger partial charge in [-0.1, -0.05) is 11.6 Å². The Balaban J connectivity index is 2.34. The van der Waals surface area contributed by atoms with Crippen LogP contribution in [0.5, 0.6) is 0 Å². The quantitative estimate of drug-likeness (QED) is 0.866. The molecule has 1 aromatic rings. The Morgan fingerprint density at radius 3 is 2.80 bits per heavy atom. The van der Waals surface area contributed by atoms with Gasteiger partial charge in [0.15, 0.2) is 0 Å². The van der Waals surface area contributed by atoms with E-state index in [4.69, 9.17) is 17.3 Å². The van der Waals surface area contributed by atoms with E-state index >= 15 is 0 Å². The topological polar surface area (TPSA) is 46.3 Å². The molecule has 2 unspecified atom stereocenters. The summed E-state index contributed by atoms with van der Waals surface area (Å²) >= 11 is 10.8. The molecule has 0 saturated carbocycles. The molecule has 0 aliphatic carbocycles. The standard InChI is InChI=1S/C9H10BrClN2OS/c1-13-7(14)3-5(12)8(13)6-2-4(10)9(11)15-6/h2,5,8H,3,12H2,1H3. The first-order chi connectivity index (χ1) is 7.00. The molecule has 1 fully saturated rings. The van der Waals surface area contributed by atoms with Crippen molar-refractivity contribution in [2.75, 3.05) is 7.05 Å².